The minimum Gasteiger partial charge on any atom is -0.491 e. The van der Waals surface area contributed by atoms with Gasteiger partial charge in [0.05, 0.1) is 26.0 Å². The highest BCUT2D eigenvalue weighted by atomic mass is 31.2. The van der Waals surface area contributed by atoms with E-state index in [1.807, 2.05) is 38.1 Å². The topological polar surface area (TPSA) is 54.0 Å². The average molecular weight is 402 g/mol. The fraction of sp³-hybridized carbons (Fsp3) is 0.364. The first-order valence-electron chi connectivity index (χ1n) is 9.54. The van der Waals surface area contributed by atoms with E-state index < -0.39 is 7.60 Å². The van der Waals surface area contributed by atoms with Gasteiger partial charge in [0.25, 0.3) is 0 Å². The maximum atomic E-state index is 13.0. The maximum absolute atomic E-state index is 13.0. The highest BCUT2D eigenvalue weighted by molar-refractivity contribution is 7.53. The Kier molecular flexibility index (Phi) is 7.08. The summed E-state index contributed by atoms with van der Waals surface area (Å²) >= 11 is 0. The Morgan fingerprint density at radius 1 is 0.857 bits per heavy atom. The molecule has 3 aromatic rings. The van der Waals surface area contributed by atoms with Crippen molar-refractivity contribution in [2.24, 2.45) is 0 Å². The number of rotatable bonds is 10. The summed E-state index contributed by atoms with van der Waals surface area (Å²) in [6.45, 7) is 5.44. The second-order valence-electron chi connectivity index (χ2n) is 6.41. The molecule has 0 saturated carbocycles. The smallest absolute Gasteiger partial charge is 0.335 e. The molecule has 0 aliphatic rings. The Balaban J connectivity index is 1.98. The van der Waals surface area contributed by atoms with Gasteiger partial charge in [-0.1, -0.05) is 36.4 Å². The summed E-state index contributed by atoms with van der Waals surface area (Å²) in [7, 11) is -1.51. The summed E-state index contributed by atoms with van der Waals surface area (Å²) in [5.41, 5.74) is 0.963. The minimum atomic E-state index is -3.16. The van der Waals surface area contributed by atoms with Crippen LogP contribution in [-0.2, 0) is 24.5 Å². The van der Waals surface area contributed by atoms with Gasteiger partial charge in [-0.25, -0.2) is 0 Å². The highest BCUT2D eigenvalue weighted by Crippen LogP contribution is 2.52. The van der Waals surface area contributed by atoms with Crippen LogP contribution in [0.4, 0.5) is 0 Å². The van der Waals surface area contributed by atoms with Crippen LogP contribution in [0.1, 0.15) is 19.4 Å². The maximum Gasteiger partial charge on any atom is 0.335 e. The van der Waals surface area contributed by atoms with Crippen molar-refractivity contribution in [1.82, 2.24) is 0 Å². The molecular formula is C22H27O5P. The molecular weight excluding hydrogens is 375 g/mol. The van der Waals surface area contributed by atoms with Gasteiger partial charge in [0.1, 0.15) is 12.4 Å². The standard InChI is InChI=1S/C22H27O5P/c1-4-26-28(23,27-5-2)16-18-7-6-8-22-20-12-10-19(25-14-13-24-3)15-17(20)9-11-21(18)22/h6-12,15H,4-5,13-14,16H2,1-3H3. The molecule has 0 saturated heterocycles. The molecule has 0 heterocycles. The monoisotopic (exact) mass is 402 g/mol. The van der Waals surface area contributed by atoms with Crippen molar-refractivity contribution < 1.29 is 23.1 Å². The van der Waals surface area contributed by atoms with Crippen LogP contribution in [0, 0.1) is 0 Å². The van der Waals surface area contributed by atoms with Crippen molar-refractivity contribution in [3.05, 3.63) is 54.1 Å². The van der Waals surface area contributed by atoms with E-state index in [1.54, 1.807) is 7.11 Å². The highest BCUT2D eigenvalue weighted by Gasteiger charge is 2.25. The zero-order chi connectivity index (χ0) is 20.0. The molecule has 0 aliphatic heterocycles. The number of fused-ring (bicyclic) bond motifs is 3. The molecule has 28 heavy (non-hydrogen) atoms. The largest absolute Gasteiger partial charge is 0.491 e. The molecule has 0 bridgehead atoms. The van der Waals surface area contributed by atoms with Gasteiger partial charge in [0, 0.05) is 7.11 Å². The molecule has 0 aromatic heterocycles. The van der Waals surface area contributed by atoms with E-state index in [2.05, 4.69) is 24.3 Å². The third-order valence-electron chi connectivity index (χ3n) is 4.51. The first kappa shape index (κ1) is 20.8. The van der Waals surface area contributed by atoms with E-state index in [-0.39, 0.29) is 6.16 Å². The van der Waals surface area contributed by atoms with Crippen molar-refractivity contribution >= 4 is 29.1 Å². The van der Waals surface area contributed by atoms with Gasteiger partial charge in [-0.05, 0) is 53.1 Å². The fourth-order valence-corrected chi connectivity index (χ4v) is 5.08. The van der Waals surface area contributed by atoms with Crippen LogP contribution in [-0.4, -0.2) is 33.5 Å². The van der Waals surface area contributed by atoms with Crippen LogP contribution in [0.2, 0.25) is 0 Å². The predicted octanol–water partition coefficient (Wildman–Crippen LogP) is 5.78. The third kappa shape index (κ3) is 4.73. The first-order valence-corrected chi connectivity index (χ1v) is 11.3. The van der Waals surface area contributed by atoms with Crippen LogP contribution in [0.3, 0.4) is 0 Å². The van der Waals surface area contributed by atoms with Crippen LogP contribution in [0.25, 0.3) is 21.5 Å². The summed E-state index contributed by atoms with van der Waals surface area (Å²) in [5.74, 6) is 0.817. The summed E-state index contributed by atoms with van der Waals surface area (Å²) < 4.78 is 34.7. The molecule has 3 aromatic carbocycles. The zero-order valence-electron chi connectivity index (χ0n) is 16.6. The summed E-state index contributed by atoms with van der Waals surface area (Å²) in [5, 5.41) is 4.39. The van der Waals surface area contributed by atoms with Crippen LogP contribution in [0.15, 0.2) is 48.5 Å². The molecule has 150 valence electrons. The Morgan fingerprint density at radius 3 is 2.32 bits per heavy atom. The van der Waals surface area contributed by atoms with Gasteiger partial charge in [0.15, 0.2) is 0 Å². The molecule has 6 heteroatoms. The Bertz CT molecular complexity index is 975. The number of hydrogen-bond acceptors (Lipinski definition) is 5. The van der Waals surface area contributed by atoms with Crippen molar-refractivity contribution in [2.45, 2.75) is 20.0 Å². The van der Waals surface area contributed by atoms with Crippen LogP contribution >= 0.6 is 7.60 Å². The fourth-order valence-electron chi connectivity index (χ4n) is 3.34. The number of hydrogen-bond donors (Lipinski definition) is 0. The molecule has 0 amide bonds. The Morgan fingerprint density at radius 2 is 1.61 bits per heavy atom. The van der Waals surface area contributed by atoms with E-state index in [4.69, 9.17) is 18.5 Å². The molecule has 0 N–H and O–H groups in total. The van der Waals surface area contributed by atoms with Crippen molar-refractivity contribution in [3.63, 3.8) is 0 Å². The van der Waals surface area contributed by atoms with Gasteiger partial charge in [0.2, 0.25) is 0 Å². The van der Waals surface area contributed by atoms with Gasteiger partial charge in [-0.2, -0.15) is 0 Å². The van der Waals surface area contributed by atoms with E-state index >= 15 is 0 Å². The summed E-state index contributed by atoms with van der Waals surface area (Å²) in [4.78, 5) is 0. The lowest BCUT2D eigenvalue weighted by Crippen LogP contribution is -2.04. The van der Waals surface area contributed by atoms with Crippen molar-refractivity contribution in [3.8, 4) is 5.75 Å². The zero-order valence-corrected chi connectivity index (χ0v) is 17.5. The summed E-state index contributed by atoms with van der Waals surface area (Å²) in [6.07, 6.45) is 0.260. The quantitative estimate of drug-likeness (QED) is 0.244. The predicted molar refractivity (Wildman–Crippen MR) is 113 cm³/mol. The van der Waals surface area contributed by atoms with E-state index in [1.165, 1.54) is 0 Å². The summed E-state index contributed by atoms with van der Waals surface area (Å²) in [6, 6.07) is 16.2. The van der Waals surface area contributed by atoms with E-state index in [0.717, 1.165) is 32.9 Å². The van der Waals surface area contributed by atoms with Crippen molar-refractivity contribution in [2.75, 3.05) is 33.5 Å². The lowest BCUT2D eigenvalue weighted by molar-refractivity contribution is 0.146. The first-order chi connectivity index (χ1) is 13.6. The van der Waals surface area contributed by atoms with Crippen LogP contribution in [0.5, 0.6) is 5.75 Å². The van der Waals surface area contributed by atoms with Gasteiger partial charge in [-0.15, -0.1) is 0 Å². The molecule has 0 fully saturated rings. The minimum absolute atomic E-state index is 0.260. The Hall–Kier alpha value is -1.91. The molecule has 0 unspecified atom stereocenters. The normalized spacial score (nSPS) is 12.0. The van der Waals surface area contributed by atoms with Gasteiger partial charge in [-0.3, -0.25) is 4.57 Å². The van der Waals surface area contributed by atoms with Crippen LogP contribution < -0.4 is 4.74 Å². The second kappa shape index (κ2) is 9.53. The molecule has 0 spiro atoms. The Labute approximate surface area is 166 Å². The number of methoxy groups -OCH3 is 1. The SMILES string of the molecule is CCOP(=O)(Cc1cccc2c1ccc1cc(OCCOC)ccc12)OCC. The van der Waals surface area contributed by atoms with E-state index in [9.17, 15) is 4.57 Å². The molecule has 5 nitrogen and oxygen atoms in total. The lowest BCUT2D eigenvalue weighted by atomic mass is 9.99. The lowest BCUT2D eigenvalue weighted by Gasteiger charge is -2.18. The molecule has 0 atom stereocenters. The average Bonchev–Trinajstić information content (AvgIpc) is 2.68. The van der Waals surface area contributed by atoms with Crippen molar-refractivity contribution in [1.29, 1.82) is 0 Å². The molecule has 0 radical (unpaired) electrons. The number of benzene rings is 3. The van der Waals surface area contributed by atoms with Gasteiger partial charge >= 0.3 is 7.60 Å². The van der Waals surface area contributed by atoms with Gasteiger partial charge < -0.3 is 18.5 Å². The third-order valence-corrected chi connectivity index (χ3v) is 6.54. The molecule has 0 aliphatic carbocycles. The molecule has 3 rings (SSSR count). The second-order valence-corrected chi connectivity index (χ2v) is 8.46. The van der Waals surface area contributed by atoms with E-state index in [0.29, 0.717) is 26.4 Å². The number of ether oxygens (including phenoxy) is 2.